The highest BCUT2D eigenvalue weighted by atomic mass is 32.2. The van der Waals surface area contributed by atoms with Gasteiger partial charge in [0.1, 0.15) is 9.96 Å². The highest BCUT2D eigenvalue weighted by Gasteiger charge is 2.28. The number of esters is 1. The lowest BCUT2D eigenvalue weighted by Gasteiger charge is -2.20. The fourth-order valence-corrected chi connectivity index (χ4v) is 6.42. The van der Waals surface area contributed by atoms with Crippen LogP contribution < -0.4 is 9.46 Å². The van der Waals surface area contributed by atoms with Crippen LogP contribution in [0, 0.1) is 5.92 Å². The molecule has 0 amide bonds. The second-order valence-electron chi connectivity index (χ2n) is 8.64. The maximum atomic E-state index is 13.1. The lowest BCUT2D eigenvalue weighted by Crippen LogP contribution is -2.40. The molecule has 1 aromatic heterocycles. The van der Waals surface area contributed by atoms with Gasteiger partial charge in [-0.3, -0.25) is 4.79 Å². The molecule has 0 aliphatic rings. The van der Waals surface area contributed by atoms with E-state index in [-0.39, 0.29) is 5.97 Å². The Morgan fingerprint density at radius 3 is 2.38 bits per heavy atom. The second-order valence-corrected chi connectivity index (χ2v) is 11.7. The molecule has 0 atom stereocenters. The van der Waals surface area contributed by atoms with Crippen LogP contribution >= 0.6 is 11.3 Å². The number of carbonyl (C=O) groups is 1. The first kappa shape index (κ1) is 23.6. The van der Waals surface area contributed by atoms with Gasteiger partial charge in [0.05, 0.1) is 0 Å². The minimum absolute atomic E-state index is 0.324. The first-order valence-corrected chi connectivity index (χ1v) is 12.1. The van der Waals surface area contributed by atoms with Crippen molar-refractivity contribution in [1.82, 2.24) is 4.72 Å². The Bertz CT molecular complexity index is 983. The summed E-state index contributed by atoms with van der Waals surface area (Å²) in [6, 6.07) is 7.44. The molecule has 0 radical (unpaired) electrons. The molecule has 0 aliphatic carbocycles. The maximum Gasteiger partial charge on any atom is 0.308 e. The van der Waals surface area contributed by atoms with E-state index in [2.05, 4.69) is 18.6 Å². The summed E-state index contributed by atoms with van der Waals surface area (Å²) in [6.07, 6.45) is 1.48. The summed E-state index contributed by atoms with van der Waals surface area (Å²) in [5.74, 6) is 0.559. The molecule has 5 nitrogen and oxygen atoms in total. The van der Waals surface area contributed by atoms with Crippen LogP contribution in [0.25, 0.3) is 11.1 Å². The third-order valence-electron chi connectivity index (χ3n) is 4.05. The van der Waals surface area contributed by atoms with E-state index in [4.69, 9.17) is 4.74 Å². The maximum absolute atomic E-state index is 13.1. The normalized spacial score (nSPS) is 12.4. The van der Waals surface area contributed by atoms with Gasteiger partial charge in [-0.05, 0) is 68.9 Å². The van der Waals surface area contributed by atoms with Crippen LogP contribution in [0.1, 0.15) is 58.9 Å². The largest absolute Gasteiger partial charge is 0.426 e. The van der Waals surface area contributed by atoms with Crippen molar-refractivity contribution >= 4 is 27.3 Å². The number of carbonyl (C=O) groups excluding carboxylic acids is 1. The Balaban J connectivity index is 2.62. The molecule has 160 valence electrons. The molecule has 1 heterocycles. The van der Waals surface area contributed by atoms with Gasteiger partial charge in [-0.15, -0.1) is 11.3 Å². The third kappa shape index (κ3) is 6.39. The Morgan fingerprint density at radius 2 is 1.86 bits per heavy atom. The number of rotatable bonds is 7. The van der Waals surface area contributed by atoms with Crippen LogP contribution in [0.3, 0.4) is 0 Å². The van der Waals surface area contributed by atoms with Crippen molar-refractivity contribution in [3.63, 3.8) is 0 Å². The molecule has 0 unspecified atom stereocenters. The van der Waals surface area contributed by atoms with Crippen LogP contribution in [0.15, 0.2) is 28.5 Å². The van der Waals surface area contributed by atoms with Crippen molar-refractivity contribution in [2.75, 3.05) is 0 Å². The van der Waals surface area contributed by atoms with E-state index < -0.39 is 15.6 Å². The second kappa shape index (κ2) is 8.98. The summed E-state index contributed by atoms with van der Waals surface area (Å²) in [4.78, 5) is 12.4. The van der Waals surface area contributed by atoms with Gasteiger partial charge in [0, 0.05) is 22.9 Å². The standard InChI is InChI=1S/C22H31NO4S2/c1-8-16-12-17(9-10-20(16)27-15(4)24)19-13-18(11-14(2)3)28-21(19)29(25,26)23-22(5,6)7/h9-10,12-14,23H,8,11H2,1-7H3. The SMILES string of the molecule is CCc1cc(-c2cc(CC(C)C)sc2S(=O)(=O)NC(C)(C)C)ccc1OC(C)=O. The average Bonchev–Trinajstić information content (AvgIpc) is 2.96. The van der Waals surface area contributed by atoms with E-state index in [9.17, 15) is 13.2 Å². The van der Waals surface area contributed by atoms with Crippen LogP contribution in [0.5, 0.6) is 5.75 Å². The van der Waals surface area contributed by atoms with Gasteiger partial charge in [0.25, 0.3) is 10.0 Å². The first-order chi connectivity index (χ1) is 13.3. The topological polar surface area (TPSA) is 72.5 Å². The molecule has 0 aliphatic heterocycles. The van der Waals surface area contributed by atoms with E-state index >= 15 is 0 Å². The van der Waals surface area contributed by atoms with E-state index in [1.165, 1.54) is 18.3 Å². The van der Waals surface area contributed by atoms with Gasteiger partial charge in [-0.2, -0.15) is 0 Å². The zero-order valence-corrected chi connectivity index (χ0v) is 19.9. The summed E-state index contributed by atoms with van der Waals surface area (Å²) in [6.45, 7) is 13.1. The monoisotopic (exact) mass is 437 g/mol. The van der Waals surface area contributed by atoms with Crippen LogP contribution in [-0.4, -0.2) is 19.9 Å². The van der Waals surface area contributed by atoms with E-state index in [1.54, 1.807) is 6.07 Å². The molecule has 1 aromatic carbocycles. The summed E-state index contributed by atoms with van der Waals surface area (Å²) < 4.78 is 34.6. The van der Waals surface area contributed by atoms with Crippen molar-refractivity contribution in [3.05, 3.63) is 34.7 Å². The van der Waals surface area contributed by atoms with Gasteiger partial charge in [0.15, 0.2) is 0 Å². The van der Waals surface area contributed by atoms with Gasteiger partial charge in [-0.1, -0.05) is 26.8 Å². The van der Waals surface area contributed by atoms with E-state index in [0.717, 1.165) is 22.4 Å². The number of ether oxygens (including phenoxy) is 1. The highest BCUT2D eigenvalue weighted by Crippen LogP contribution is 2.38. The third-order valence-corrected chi connectivity index (χ3v) is 7.50. The van der Waals surface area contributed by atoms with Crippen molar-refractivity contribution in [2.45, 2.75) is 71.1 Å². The Morgan fingerprint density at radius 1 is 1.21 bits per heavy atom. The first-order valence-electron chi connectivity index (χ1n) is 9.80. The zero-order valence-electron chi connectivity index (χ0n) is 18.3. The van der Waals surface area contributed by atoms with Crippen molar-refractivity contribution < 1.29 is 17.9 Å². The number of benzene rings is 1. The van der Waals surface area contributed by atoms with Crippen LogP contribution in [0.4, 0.5) is 0 Å². The molecule has 1 N–H and O–H groups in total. The van der Waals surface area contributed by atoms with Crippen molar-refractivity contribution in [3.8, 4) is 16.9 Å². The predicted octanol–water partition coefficient (Wildman–Crippen LogP) is 5.18. The number of hydrogen-bond acceptors (Lipinski definition) is 5. The molecule has 0 bridgehead atoms. The van der Waals surface area contributed by atoms with E-state index in [1.807, 2.05) is 45.9 Å². The number of nitrogens with one attached hydrogen (secondary N) is 1. The Labute approximate surface area is 178 Å². The molecular weight excluding hydrogens is 406 g/mol. The lowest BCUT2D eigenvalue weighted by atomic mass is 10.0. The van der Waals surface area contributed by atoms with Crippen LogP contribution in [-0.2, 0) is 27.7 Å². The number of aryl methyl sites for hydroxylation is 1. The predicted molar refractivity (Wildman–Crippen MR) is 119 cm³/mol. The van der Waals surface area contributed by atoms with Crippen molar-refractivity contribution in [2.24, 2.45) is 5.92 Å². The van der Waals surface area contributed by atoms with Crippen molar-refractivity contribution in [1.29, 1.82) is 0 Å². The minimum atomic E-state index is -3.68. The van der Waals surface area contributed by atoms with Crippen LogP contribution in [0.2, 0.25) is 0 Å². The summed E-state index contributed by atoms with van der Waals surface area (Å²) >= 11 is 1.32. The molecule has 0 fully saturated rings. The molecule has 2 rings (SSSR count). The molecule has 7 heteroatoms. The summed E-state index contributed by atoms with van der Waals surface area (Å²) in [7, 11) is -3.68. The van der Waals surface area contributed by atoms with Gasteiger partial charge < -0.3 is 4.74 Å². The Kier molecular flexibility index (Phi) is 7.30. The smallest absolute Gasteiger partial charge is 0.308 e. The summed E-state index contributed by atoms with van der Waals surface area (Å²) in [5.41, 5.74) is 1.78. The fourth-order valence-electron chi connectivity index (χ4n) is 3.05. The molecule has 0 spiro atoms. The average molecular weight is 438 g/mol. The zero-order chi connectivity index (χ0) is 22.0. The summed E-state index contributed by atoms with van der Waals surface area (Å²) in [5, 5.41) is 0. The van der Waals surface area contributed by atoms with E-state index in [0.29, 0.717) is 27.9 Å². The quantitative estimate of drug-likeness (QED) is 0.479. The molecule has 0 saturated heterocycles. The minimum Gasteiger partial charge on any atom is -0.426 e. The number of sulfonamides is 1. The molecule has 0 saturated carbocycles. The van der Waals surface area contributed by atoms with Gasteiger partial charge >= 0.3 is 5.97 Å². The lowest BCUT2D eigenvalue weighted by molar-refractivity contribution is -0.131. The van der Waals surface area contributed by atoms with Gasteiger partial charge in [0.2, 0.25) is 0 Å². The van der Waals surface area contributed by atoms with Gasteiger partial charge in [-0.25, -0.2) is 13.1 Å². The Hall–Kier alpha value is -1.70. The highest BCUT2D eigenvalue weighted by molar-refractivity contribution is 7.91. The molecule has 2 aromatic rings. The fraction of sp³-hybridized carbons (Fsp3) is 0.500. The number of hydrogen-bond donors (Lipinski definition) is 1. The molecular formula is C22H31NO4S2. The number of thiophene rings is 1. The molecule has 29 heavy (non-hydrogen) atoms.